The van der Waals surface area contributed by atoms with Crippen LogP contribution in [-0.2, 0) is 0 Å². The number of rotatable bonds is 5. The van der Waals surface area contributed by atoms with Crippen molar-refractivity contribution in [2.24, 2.45) is 0 Å². The van der Waals surface area contributed by atoms with Crippen LogP contribution < -0.4 is 0 Å². The van der Waals surface area contributed by atoms with Gasteiger partial charge in [0.2, 0.25) is 0 Å². The molecule has 4 aromatic heterocycles. The molecule has 12 rings (SSSR count). The van der Waals surface area contributed by atoms with Crippen LogP contribution in [0.3, 0.4) is 0 Å². The van der Waals surface area contributed by atoms with E-state index in [-0.39, 0.29) is 5.92 Å². The average Bonchev–Trinajstić information content (AvgIpc) is 3.96. The summed E-state index contributed by atoms with van der Waals surface area (Å²) in [6.07, 6.45) is 7.68. The number of fused-ring (bicyclic) bond motifs is 10. The molecule has 268 valence electrons. The third kappa shape index (κ3) is 5.11. The largest absolute Gasteiger partial charge is 0.455 e. The van der Waals surface area contributed by atoms with E-state index in [1.54, 1.807) is 0 Å². The summed E-state index contributed by atoms with van der Waals surface area (Å²) in [5.74, 6) is 2.09. The zero-order chi connectivity index (χ0) is 37.5. The molecular formula is C51H32N4OS. The number of allylic oxidation sites excluding steroid dienone is 4. The Morgan fingerprint density at radius 3 is 2.02 bits per heavy atom. The van der Waals surface area contributed by atoms with Crippen LogP contribution in [0.2, 0.25) is 0 Å². The Morgan fingerprint density at radius 1 is 0.561 bits per heavy atom. The summed E-state index contributed by atoms with van der Waals surface area (Å²) in [7, 11) is 0. The van der Waals surface area contributed by atoms with E-state index < -0.39 is 0 Å². The van der Waals surface area contributed by atoms with Crippen LogP contribution >= 0.6 is 11.3 Å². The van der Waals surface area contributed by atoms with Crippen molar-refractivity contribution in [1.82, 2.24) is 19.5 Å². The lowest BCUT2D eigenvalue weighted by molar-refractivity contribution is 0.673. The highest BCUT2D eigenvalue weighted by atomic mass is 32.1. The lowest BCUT2D eigenvalue weighted by Gasteiger charge is -2.20. The standard InChI is InChI=1S/C51H32N4OS/c1-3-14-31(15-4-1)49-52-50(32-16-5-2-6-17-32)54-51(53-49)34-19-13-18-33(28-34)40-29-35(30-41-37-21-9-12-25-45(37)57-48(40)41)55-42-23-10-7-22-39(42)46-43(55)27-26-38-36-20-8-11-24-44(36)56-47(38)46/h1-17,19-30,33H,18H2. The van der Waals surface area contributed by atoms with Gasteiger partial charge >= 0.3 is 0 Å². The van der Waals surface area contributed by atoms with E-state index in [1.807, 2.05) is 53.8 Å². The predicted molar refractivity (Wildman–Crippen MR) is 236 cm³/mol. The molecule has 6 heteroatoms. The molecule has 0 saturated heterocycles. The van der Waals surface area contributed by atoms with E-state index in [4.69, 9.17) is 19.4 Å². The van der Waals surface area contributed by atoms with Crippen LogP contribution in [0.15, 0.2) is 180 Å². The van der Waals surface area contributed by atoms with Gasteiger partial charge in [0.15, 0.2) is 17.5 Å². The Bertz CT molecular complexity index is 3390. The molecule has 0 saturated carbocycles. The third-order valence-electron chi connectivity index (χ3n) is 11.4. The summed E-state index contributed by atoms with van der Waals surface area (Å²) in [5, 5.41) is 7.12. The van der Waals surface area contributed by atoms with Gasteiger partial charge in [0.25, 0.3) is 0 Å². The molecule has 0 fully saturated rings. The Morgan fingerprint density at radius 2 is 1.23 bits per heavy atom. The molecule has 0 N–H and O–H groups in total. The minimum absolute atomic E-state index is 0.0906. The summed E-state index contributed by atoms with van der Waals surface area (Å²) in [6, 6.07) is 55.5. The molecule has 4 heterocycles. The molecule has 57 heavy (non-hydrogen) atoms. The normalized spacial score (nSPS) is 14.5. The second-order valence-electron chi connectivity index (χ2n) is 14.7. The van der Waals surface area contributed by atoms with Crippen LogP contribution in [-0.4, -0.2) is 19.5 Å². The molecule has 0 radical (unpaired) electrons. The summed E-state index contributed by atoms with van der Waals surface area (Å²) in [4.78, 5) is 15.1. The number of hydrogen-bond acceptors (Lipinski definition) is 5. The Hall–Kier alpha value is -7.15. The third-order valence-corrected chi connectivity index (χ3v) is 12.6. The van der Waals surface area contributed by atoms with E-state index in [0.29, 0.717) is 17.5 Å². The number of furan rings is 1. The topological polar surface area (TPSA) is 56.7 Å². The molecule has 1 aliphatic carbocycles. The second-order valence-corrected chi connectivity index (χ2v) is 15.8. The van der Waals surface area contributed by atoms with Crippen molar-refractivity contribution in [3.8, 4) is 28.5 Å². The van der Waals surface area contributed by atoms with Gasteiger partial charge in [-0.3, -0.25) is 0 Å². The summed E-state index contributed by atoms with van der Waals surface area (Å²) >= 11 is 1.88. The molecule has 0 bridgehead atoms. The molecular weight excluding hydrogens is 717 g/mol. The van der Waals surface area contributed by atoms with Gasteiger partial charge < -0.3 is 8.98 Å². The quantitative estimate of drug-likeness (QED) is 0.176. The fourth-order valence-electron chi connectivity index (χ4n) is 8.74. The van der Waals surface area contributed by atoms with Gasteiger partial charge in [-0.05, 0) is 54.4 Å². The van der Waals surface area contributed by atoms with E-state index in [0.717, 1.165) is 67.2 Å². The fraction of sp³-hybridized carbons (Fsp3) is 0.0392. The van der Waals surface area contributed by atoms with E-state index in [1.165, 1.54) is 31.1 Å². The Kier molecular flexibility index (Phi) is 7.16. The maximum atomic E-state index is 6.64. The minimum atomic E-state index is 0.0906. The summed E-state index contributed by atoms with van der Waals surface area (Å²) < 4.78 is 11.7. The monoisotopic (exact) mass is 748 g/mol. The highest BCUT2D eigenvalue weighted by molar-refractivity contribution is 7.26. The molecule has 1 atom stereocenters. The molecule has 1 aliphatic rings. The van der Waals surface area contributed by atoms with Crippen LogP contribution in [0.25, 0.3) is 98.0 Å². The fourth-order valence-corrected chi connectivity index (χ4v) is 10.0. The van der Waals surface area contributed by atoms with Crippen molar-refractivity contribution in [2.75, 3.05) is 0 Å². The highest BCUT2D eigenvalue weighted by Crippen LogP contribution is 2.45. The zero-order valence-corrected chi connectivity index (χ0v) is 31.4. The maximum absolute atomic E-state index is 6.64. The van der Waals surface area contributed by atoms with E-state index >= 15 is 0 Å². The number of benzene rings is 7. The molecule has 0 aliphatic heterocycles. The van der Waals surface area contributed by atoms with Gasteiger partial charge in [0.1, 0.15) is 11.2 Å². The summed E-state index contributed by atoms with van der Waals surface area (Å²) in [5.41, 5.74) is 9.44. The van der Waals surface area contributed by atoms with E-state index in [9.17, 15) is 0 Å². The van der Waals surface area contributed by atoms with Crippen molar-refractivity contribution >= 4 is 80.8 Å². The molecule has 0 spiro atoms. The number of para-hydroxylation sites is 2. The van der Waals surface area contributed by atoms with Crippen molar-refractivity contribution in [1.29, 1.82) is 0 Å². The van der Waals surface area contributed by atoms with Crippen molar-refractivity contribution in [2.45, 2.75) is 12.3 Å². The maximum Gasteiger partial charge on any atom is 0.164 e. The molecule has 11 aromatic rings. The first kappa shape index (κ1) is 32.1. The van der Waals surface area contributed by atoms with Gasteiger partial charge in [-0.25, -0.2) is 15.0 Å². The van der Waals surface area contributed by atoms with Crippen LogP contribution in [0.4, 0.5) is 0 Å². The van der Waals surface area contributed by atoms with Gasteiger partial charge in [0.05, 0.1) is 16.4 Å². The molecule has 5 nitrogen and oxygen atoms in total. The number of thiophene rings is 1. The Labute approximate surface area is 331 Å². The lowest BCUT2D eigenvalue weighted by Crippen LogP contribution is -2.06. The average molecular weight is 749 g/mol. The van der Waals surface area contributed by atoms with Crippen molar-refractivity contribution < 1.29 is 4.42 Å². The highest BCUT2D eigenvalue weighted by Gasteiger charge is 2.24. The van der Waals surface area contributed by atoms with Crippen LogP contribution in [0.1, 0.15) is 23.7 Å². The van der Waals surface area contributed by atoms with Crippen LogP contribution in [0, 0.1) is 0 Å². The first-order valence-electron chi connectivity index (χ1n) is 19.3. The number of aromatic nitrogens is 4. The minimum Gasteiger partial charge on any atom is -0.455 e. The number of hydrogen-bond donors (Lipinski definition) is 0. The Balaban J connectivity index is 1.08. The number of nitrogens with zero attached hydrogens (tertiary/aromatic N) is 4. The second kappa shape index (κ2) is 12.7. The molecule has 7 aromatic carbocycles. The predicted octanol–water partition coefficient (Wildman–Crippen LogP) is 13.7. The van der Waals surface area contributed by atoms with Crippen LogP contribution in [0.5, 0.6) is 0 Å². The first-order valence-corrected chi connectivity index (χ1v) is 20.1. The smallest absolute Gasteiger partial charge is 0.164 e. The van der Waals surface area contributed by atoms with Gasteiger partial charge in [-0.15, -0.1) is 11.3 Å². The zero-order valence-electron chi connectivity index (χ0n) is 30.6. The van der Waals surface area contributed by atoms with Gasteiger partial charge in [0, 0.05) is 64.6 Å². The molecule has 0 amide bonds. The summed E-state index contributed by atoms with van der Waals surface area (Å²) in [6.45, 7) is 0. The first-order chi connectivity index (χ1) is 28.2. The van der Waals surface area contributed by atoms with Gasteiger partial charge in [-0.1, -0.05) is 133 Å². The lowest BCUT2D eigenvalue weighted by atomic mass is 9.88. The molecule has 1 unspecified atom stereocenters. The SMILES string of the molecule is C1=CC(c2nc(-c3ccccc3)nc(-c3ccccc3)n2)=CC(c2cc(-n3c4ccccc4c4c5oc6ccccc6c5ccc43)cc3c2sc2ccccc23)C1. The van der Waals surface area contributed by atoms with Crippen molar-refractivity contribution in [3.05, 3.63) is 187 Å². The van der Waals surface area contributed by atoms with E-state index in [2.05, 4.69) is 138 Å². The van der Waals surface area contributed by atoms with Gasteiger partial charge in [-0.2, -0.15) is 0 Å². The van der Waals surface area contributed by atoms with Crippen molar-refractivity contribution in [3.63, 3.8) is 0 Å².